The van der Waals surface area contributed by atoms with Crippen molar-refractivity contribution in [1.82, 2.24) is 5.32 Å². The van der Waals surface area contributed by atoms with Crippen molar-refractivity contribution in [2.24, 2.45) is 5.92 Å². The van der Waals surface area contributed by atoms with Gasteiger partial charge in [-0.15, -0.1) is 0 Å². The van der Waals surface area contributed by atoms with Crippen LogP contribution in [0.5, 0.6) is 0 Å². The summed E-state index contributed by atoms with van der Waals surface area (Å²) in [6.07, 6.45) is 0.271. The molecule has 0 aromatic carbocycles. The minimum Gasteiger partial charge on any atom is -0.374 e. The summed E-state index contributed by atoms with van der Waals surface area (Å²) in [7, 11) is 3.11. The molecule has 1 amide bonds. The Hall–Kier alpha value is -0.690. The molecule has 1 saturated heterocycles. The lowest BCUT2D eigenvalue weighted by molar-refractivity contribution is -0.141. The van der Waals surface area contributed by atoms with Crippen LogP contribution in [0.2, 0.25) is 0 Å². The number of hydrogen-bond acceptors (Lipinski definition) is 5. The Balaban J connectivity index is 2.05. The quantitative estimate of drug-likeness (QED) is 0.498. The zero-order chi connectivity index (χ0) is 13.4. The molecular weight excluding hydrogens is 238 g/mol. The van der Waals surface area contributed by atoms with Crippen LogP contribution in [0.25, 0.3) is 0 Å². The fraction of sp³-hybridized carbons (Fsp3) is 0.917. The fourth-order valence-electron chi connectivity index (χ4n) is 1.79. The van der Waals surface area contributed by atoms with E-state index in [-0.39, 0.29) is 24.2 Å². The molecular formula is C12H23NO5. The van der Waals surface area contributed by atoms with E-state index in [0.29, 0.717) is 26.4 Å². The molecule has 0 unspecified atom stereocenters. The van der Waals surface area contributed by atoms with E-state index in [1.165, 1.54) is 0 Å². The number of carbonyl (C=O) groups excluding carboxylic acids is 1. The Labute approximate surface area is 108 Å². The molecule has 1 N–H and O–H groups in total. The maximum Gasteiger partial charge on any atom is 0.249 e. The average Bonchev–Trinajstić information content (AvgIpc) is 2.80. The third kappa shape index (κ3) is 4.89. The van der Waals surface area contributed by atoms with Crippen LogP contribution in [-0.2, 0) is 23.7 Å². The van der Waals surface area contributed by atoms with Gasteiger partial charge in [0.1, 0.15) is 6.10 Å². The highest BCUT2D eigenvalue weighted by atomic mass is 16.7. The second-order valence-corrected chi connectivity index (χ2v) is 4.32. The van der Waals surface area contributed by atoms with Crippen LogP contribution in [0.15, 0.2) is 0 Å². The number of hydrogen-bond donors (Lipinski definition) is 1. The summed E-state index contributed by atoms with van der Waals surface area (Å²) < 4.78 is 20.6. The molecule has 106 valence electrons. The highest BCUT2D eigenvalue weighted by molar-refractivity contribution is 5.81. The molecule has 0 aromatic rings. The maximum atomic E-state index is 11.7. The van der Waals surface area contributed by atoms with E-state index in [2.05, 4.69) is 5.32 Å². The number of rotatable bonds is 8. The zero-order valence-corrected chi connectivity index (χ0v) is 11.3. The van der Waals surface area contributed by atoms with Gasteiger partial charge in [0.2, 0.25) is 5.91 Å². The molecule has 18 heavy (non-hydrogen) atoms. The molecule has 0 saturated carbocycles. The first-order valence-corrected chi connectivity index (χ1v) is 6.21. The Morgan fingerprint density at radius 3 is 2.72 bits per heavy atom. The summed E-state index contributed by atoms with van der Waals surface area (Å²) in [5.41, 5.74) is 0. The Morgan fingerprint density at radius 2 is 2.17 bits per heavy atom. The van der Waals surface area contributed by atoms with Gasteiger partial charge in [-0.2, -0.15) is 0 Å². The lowest BCUT2D eigenvalue weighted by Gasteiger charge is -2.16. The molecule has 0 bridgehead atoms. The normalized spacial score (nSPS) is 23.6. The minimum absolute atomic E-state index is 0.0568. The smallest absolute Gasteiger partial charge is 0.249 e. The van der Waals surface area contributed by atoms with Crippen LogP contribution in [-0.4, -0.2) is 58.9 Å². The second kappa shape index (κ2) is 8.42. The van der Waals surface area contributed by atoms with Gasteiger partial charge in [-0.25, -0.2) is 0 Å². The van der Waals surface area contributed by atoms with Crippen molar-refractivity contribution in [3.8, 4) is 0 Å². The number of amides is 1. The molecule has 0 spiro atoms. The summed E-state index contributed by atoms with van der Waals surface area (Å²) >= 11 is 0. The molecule has 1 aliphatic heterocycles. The highest BCUT2D eigenvalue weighted by Crippen LogP contribution is 2.19. The van der Waals surface area contributed by atoms with Gasteiger partial charge in [-0.3, -0.25) is 4.79 Å². The lowest BCUT2D eigenvalue weighted by Crippen LogP contribution is -2.39. The largest absolute Gasteiger partial charge is 0.374 e. The van der Waals surface area contributed by atoms with Crippen LogP contribution in [0.1, 0.15) is 13.3 Å². The molecule has 1 fully saturated rings. The Morgan fingerprint density at radius 1 is 1.44 bits per heavy atom. The molecule has 6 nitrogen and oxygen atoms in total. The van der Waals surface area contributed by atoms with E-state index < -0.39 is 0 Å². The van der Waals surface area contributed by atoms with E-state index in [1.807, 2.05) is 6.92 Å². The van der Waals surface area contributed by atoms with Crippen molar-refractivity contribution < 1.29 is 23.7 Å². The molecule has 1 aliphatic rings. The predicted molar refractivity (Wildman–Crippen MR) is 65.2 cm³/mol. The van der Waals surface area contributed by atoms with Crippen LogP contribution < -0.4 is 5.32 Å². The average molecular weight is 261 g/mol. The molecule has 0 aliphatic carbocycles. The molecule has 0 radical (unpaired) electrons. The van der Waals surface area contributed by atoms with Crippen molar-refractivity contribution in [2.45, 2.75) is 25.7 Å². The van der Waals surface area contributed by atoms with Gasteiger partial charge in [0.25, 0.3) is 0 Å². The zero-order valence-electron chi connectivity index (χ0n) is 11.3. The number of carbonyl (C=O) groups is 1. The molecule has 6 heteroatoms. The summed E-state index contributed by atoms with van der Waals surface area (Å²) in [6.45, 7) is 3.93. The Bertz CT molecular complexity index is 245. The van der Waals surface area contributed by atoms with Crippen LogP contribution in [0.4, 0.5) is 0 Å². The monoisotopic (exact) mass is 261 g/mol. The van der Waals surface area contributed by atoms with Gasteiger partial charge in [-0.1, -0.05) is 6.92 Å². The Kier molecular flexibility index (Phi) is 7.19. The standard InChI is InChI=1S/C12H23NO5/c1-9-4-6-18-11(9)12(14)13-5-7-17-8-10(15-2)16-3/h9-11H,4-8H2,1-3H3,(H,13,14)/t9-,11+/m0/s1. The van der Waals surface area contributed by atoms with Gasteiger partial charge in [0.05, 0.1) is 13.2 Å². The van der Waals surface area contributed by atoms with Crippen LogP contribution >= 0.6 is 0 Å². The maximum absolute atomic E-state index is 11.7. The lowest BCUT2D eigenvalue weighted by atomic mass is 10.0. The number of nitrogens with one attached hydrogen (secondary N) is 1. The topological polar surface area (TPSA) is 66.0 Å². The molecule has 0 aromatic heterocycles. The van der Waals surface area contributed by atoms with Gasteiger partial charge >= 0.3 is 0 Å². The van der Waals surface area contributed by atoms with Gasteiger partial charge in [0.15, 0.2) is 6.29 Å². The first kappa shape index (κ1) is 15.4. The van der Waals surface area contributed by atoms with Crippen molar-refractivity contribution in [3.63, 3.8) is 0 Å². The third-order valence-corrected chi connectivity index (χ3v) is 2.97. The van der Waals surface area contributed by atoms with E-state index in [4.69, 9.17) is 18.9 Å². The summed E-state index contributed by atoms with van der Waals surface area (Å²) in [4.78, 5) is 11.7. The minimum atomic E-state index is -0.362. The second-order valence-electron chi connectivity index (χ2n) is 4.32. The van der Waals surface area contributed by atoms with Gasteiger partial charge < -0.3 is 24.3 Å². The summed E-state index contributed by atoms with van der Waals surface area (Å²) in [6, 6.07) is 0. The first-order valence-electron chi connectivity index (χ1n) is 6.21. The molecule has 2 atom stereocenters. The van der Waals surface area contributed by atoms with Crippen molar-refractivity contribution in [3.05, 3.63) is 0 Å². The van der Waals surface area contributed by atoms with Crippen molar-refractivity contribution >= 4 is 5.91 Å². The van der Waals surface area contributed by atoms with E-state index >= 15 is 0 Å². The first-order chi connectivity index (χ1) is 8.69. The molecule has 1 heterocycles. The van der Waals surface area contributed by atoms with E-state index in [9.17, 15) is 4.79 Å². The van der Waals surface area contributed by atoms with Crippen molar-refractivity contribution in [1.29, 1.82) is 0 Å². The molecule has 1 rings (SSSR count). The predicted octanol–water partition coefficient (Wildman–Crippen LogP) is 0.163. The highest BCUT2D eigenvalue weighted by Gasteiger charge is 2.30. The van der Waals surface area contributed by atoms with Crippen LogP contribution in [0, 0.1) is 5.92 Å². The van der Waals surface area contributed by atoms with E-state index in [0.717, 1.165) is 6.42 Å². The van der Waals surface area contributed by atoms with Gasteiger partial charge in [-0.05, 0) is 12.3 Å². The van der Waals surface area contributed by atoms with Gasteiger partial charge in [0, 0.05) is 27.4 Å². The third-order valence-electron chi connectivity index (χ3n) is 2.97. The van der Waals surface area contributed by atoms with Crippen LogP contribution in [0.3, 0.4) is 0 Å². The fourth-order valence-corrected chi connectivity index (χ4v) is 1.79. The summed E-state index contributed by atoms with van der Waals surface area (Å²) in [5, 5.41) is 2.79. The van der Waals surface area contributed by atoms with E-state index in [1.54, 1.807) is 14.2 Å². The SMILES string of the molecule is COC(COCCNC(=O)[C@@H]1OCC[C@@H]1C)OC. The number of ether oxygens (including phenoxy) is 4. The van der Waals surface area contributed by atoms with Crippen molar-refractivity contribution in [2.75, 3.05) is 40.6 Å². The summed E-state index contributed by atoms with van der Waals surface area (Å²) in [5.74, 6) is 0.232. The number of methoxy groups -OCH3 is 2.